The molecular formula is C20H22N4O2S2. The summed E-state index contributed by atoms with van der Waals surface area (Å²) in [7, 11) is 3.46. The number of carbonyl (C=O) groups is 1. The molecule has 2 aromatic carbocycles. The fourth-order valence-electron chi connectivity index (χ4n) is 2.54. The fourth-order valence-corrected chi connectivity index (χ4v) is 4.24. The zero-order valence-electron chi connectivity index (χ0n) is 16.0. The van der Waals surface area contributed by atoms with Crippen LogP contribution in [0, 0.1) is 0 Å². The summed E-state index contributed by atoms with van der Waals surface area (Å²) < 4.78 is 5.97. The van der Waals surface area contributed by atoms with Gasteiger partial charge in [0, 0.05) is 18.8 Å². The topological polar surface area (TPSA) is 67.3 Å². The highest BCUT2D eigenvalue weighted by atomic mass is 32.2. The van der Waals surface area contributed by atoms with Crippen molar-refractivity contribution in [3.05, 3.63) is 60.2 Å². The number of methoxy groups -OCH3 is 1. The second kappa shape index (κ2) is 9.57. The number of amides is 1. The fraction of sp³-hybridized carbons (Fsp3) is 0.250. The van der Waals surface area contributed by atoms with E-state index in [0.29, 0.717) is 10.9 Å². The van der Waals surface area contributed by atoms with Crippen LogP contribution < -0.4 is 10.1 Å². The first-order valence-corrected chi connectivity index (χ1v) is 10.5. The number of ether oxygens (including phenoxy) is 1. The summed E-state index contributed by atoms with van der Waals surface area (Å²) in [6.07, 6.45) is 0. The normalized spacial score (nSPS) is 11.7. The molecule has 0 radical (unpaired) electrons. The number of nitrogens with zero attached hydrogens (tertiary/aromatic N) is 3. The van der Waals surface area contributed by atoms with Crippen LogP contribution in [0.5, 0.6) is 5.75 Å². The summed E-state index contributed by atoms with van der Waals surface area (Å²) in [6.45, 7) is 2.03. The number of aromatic nitrogens is 2. The summed E-state index contributed by atoms with van der Waals surface area (Å²) >= 11 is 2.82. The maximum Gasteiger partial charge on any atom is 0.233 e. The van der Waals surface area contributed by atoms with Crippen LogP contribution >= 0.6 is 23.1 Å². The van der Waals surface area contributed by atoms with Crippen LogP contribution in [-0.2, 0) is 4.79 Å². The van der Waals surface area contributed by atoms with Crippen LogP contribution in [0.15, 0.2) is 58.9 Å². The van der Waals surface area contributed by atoms with Crippen LogP contribution in [0.3, 0.4) is 0 Å². The predicted octanol–water partition coefficient (Wildman–Crippen LogP) is 4.60. The molecule has 146 valence electrons. The molecular weight excluding hydrogens is 392 g/mol. The largest absolute Gasteiger partial charge is 0.497 e. The molecule has 8 heteroatoms. The lowest BCUT2D eigenvalue weighted by atomic mass is 10.1. The predicted molar refractivity (Wildman–Crippen MR) is 115 cm³/mol. The Hall–Kier alpha value is -2.58. The highest BCUT2D eigenvalue weighted by Gasteiger charge is 2.18. The minimum absolute atomic E-state index is 0.0222. The van der Waals surface area contributed by atoms with Crippen molar-refractivity contribution in [1.82, 2.24) is 15.1 Å². The van der Waals surface area contributed by atoms with Crippen molar-refractivity contribution in [2.24, 2.45) is 0 Å². The highest BCUT2D eigenvalue weighted by Crippen LogP contribution is 2.29. The molecule has 0 aliphatic rings. The minimum Gasteiger partial charge on any atom is -0.497 e. The van der Waals surface area contributed by atoms with Gasteiger partial charge in [-0.3, -0.25) is 4.79 Å². The van der Waals surface area contributed by atoms with Crippen LogP contribution in [0.2, 0.25) is 0 Å². The van der Waals surface area contributed by atoms with Gasteiger partial charge in [-0.15, -0.1) is 10.2 Å². The molecule has 0 bridgehead atoms. The smallest absolute Gasteiger partial charge is 0.233 e. The average molecular weight is 415 g/mol. The summed E-state index contributed by atoms with van der Waals surface area (Å²) in [5, 5.41) is 12.2. The molecule has 6 nitrogen and oxygen atoms in total. The number of nitrogens with one attached hydrogen (secondary N) is 1. The monoisotopic (exact) mass is 414 g/mol. The van der Waals surface area contributed by atoms with Gasteiger partial charge in [0.1, 0.15) is 5.75 Å². The SMILES string of the molecule is COc1cccc(Nc2nnc(SCC(=O)N(C)C(C)c3ccccc3)s2)c1. The van der Waals surface area contributed by atoms with Gasteiger partial charge >= 0.3 is 0 Å². The molecule has 1 aromatic heterocycles. The lowest BCUT2D eigenvalue weighted by Crippen LogP contribution is -2.31. The Morgan fingerprint density at radius 1 is 1.21 bits per heavy atom. The van der Waals surface area contributed by atoms with Gasteiger partial charge in [-0.2, -0.15) is 0 Å². The van der Waals surface area contributed by atoms with E-state index in [1.54, 1.807) is 12.0 Å². The van der Waals surface area contributed by atoms with Crippen molar-refractivity contribution in [2.45, 2.75) is 17.3 Å². The number of anilines is 2. The first kappa shape index (κ1) is 20.2. The number of thioether (sulfide) groups is 1. The lowest BCUT2D eigenvalue weighted by Gasteiger charge is -2.25. The van der Waals surface area contributed by atoms with Gasteiger partial charge in [-0.25, -0.2) is 0 Å². The van der Waals surface area contributed by atoms with Crippen molar-refractivity contribution in [1.29, 1.82) is 0 Å². The Morgan fingerprint density at radius 2 is 2.00 bits per heavy atom. The quantitative estimate of drug-likeness (QED) is 0.543. The first-order valence-electron chi connectivity index (χ1n) is 8.75. The third-order valence-corrected chi connectivity index (χ3v) is 6.26. The molecule has 0 aliphatic carbocycles. The summed E-state index contributed by atoms with van der Waals surface area (Å²) in [5.74, 6) is 1.14. The van der Waals surface area contributed by atoms with Crippen molar-refractivity contribution < 1.29 is 9.53 Å². The lowest BCUT2D eigenvalue weighted by molar-refractivity contribution is -0.128. The Bertz CT molecular complexity index is 917. The Labute approximate surface area is 172 Å². The summed E-state index contributed by atoms with van der Waals surface area (Å²) in [5.41, 5.74) is 1.99. The molecule has 3 rings (SSSR count). The van der Waals surface area contributed by atoms with Gasteiger partial charge in [0.15, 0.2) is 4.34 Å². The molecule has 0 spiro atoms. The van der Waals surface area contributed by atoms with Gasteiger partial charge in [0.25, 0.3) is 0 Å². The summed E-state index contributed by atoms with van der Waals surface area (Å²) in [4.78, 5) is 14.3. The van der Waals surface area contributed by atoms with E-state index in [-0.39, 0.29) is 11.9 Å². The van der Waals surface area contributed by atoms with Crippen molar-refractivity contribution in [3.8, 4) is 5.75 Å². The van der Waals surface area contributed by atoms with E-state index in [1.165, 1.54) is 23.1 Å². The molecule has 1 N–H and O–H groups in total. The number of hydrogen-bond acceptors (Lipinski definition) is 7. The van der Waals surface area contributed by atoms with Gasteiger partial charge in [0.2, 0.25) is 11.0 Å². The first-order chi connectivity index (χ1) is 13.6. The molecule has 0 aliphatic heterocycles. The molecule has 1 amide bonds. The molecule has 0 fully saturated rings. The number of rotatable bonds is 8. The van der Waals surface area contributed by atoms with E-state index in [2.05, 4.69) is 15.5 Å². The van der Waals surface area contributed by atoms with Gasteiger partial charge in [0.05, 0.1) is 18.9 Å². The third-order valence-electron chi connectivity index (χ3n) is 4.30. The molecule has 3 aromatic rings. The van der Waals surface area contributed by atoms with Crippen LogP contribution in [0.25, 0.3) is 0 Å². The van der Waals surface area contributed by atoms with Gasteiger partial charge in [-0.05, 0) is 24.6 Å². The average Bonchev–Trinajstić information content (AvgIpc) is 3.18. The zero-order valence-corrected chi connectivity index (χ0v) is 17.6. The van der Waals surface area contributed by atoms with E-state index in [1.807, 2.05) is 68.6 Å². The Balaban J connectivity index is 1.54. The Kier molecular flexibility index (Phi) is 6.89. The Morgan fingerprint density at radius 3 is 2.75 bits per heavy atom. The van der Waals surface area contributed by atoms with Crippen LogP contribution in [0.4, 0.5) is 10.8 Å². The van der Waals surface area contributed by atoms with E-state index >= 15 is 0 Å². The van der Waals surface area contributed by atoms with Crippen LogP contribution in [-0.4, -0.2) is 40.9 Å². The molecule has 0 saturated carbocycles. The second-order valence-electron chi connectivity index (χ2n) is 6.11. The standard InChI is InChI=1S/C20H22N4O2S2/c1-14(15-8-5-4-6-9-15)24(2)18(25)13-27-20-23-22-19(28-20)21-16-10-7-11-17(12-16)26-3/h4-12,14H,13H2,1-3H3,(H,21,22). The van der Waals surface area contributed by atoms with Crippen LogP contribution in [0.1, 0.15) is 18.5 Å². The maximum atomic E-state index is 12.5. The highest BCUT2D eigenvalue weighted by molar-refractivity contribution is 8.01. The van der Waals surface area contributed by atoms with Crippen molar-refractivity contribution >= 4 is 39.8 Å². The molecule has 1 atom stereocenters. The number of carbonyl (C=O) groups excluding carboxylic acids is 1. The van der Waals surface area contributed by atoms with Gasteiger partial charge < -0.3 is 15.0 Å². The molecule has 1 unspecified atom stereocenters. The van der Waals surface area contributed by atoms with E-state index < -0.39 is 0 Å². The molecule has 28 heavy (non-hydrogen) atoms. The number of hydrogen-bond donors (Lipinski definition) is 1. The van der Waals surface area contributed by atoms with E-state index in [4.69, 9.17) is 4.74 Å². The van der Waals surface area contributed by atoms with Gasteiger partial charge in [-0.1, -0.05) is 59.5 Å². The van der Waals surface area contributed by atoms with Crippen molar-refractivity contribution in [2.75, 3.05) is 25.2 Å². The van der Waals surface area contributed by atoms with E-state index in [0.717, 1.165) is 21.3 Å². The minimum atomic E-state index is 0.0222. The molecule has 1 heterocycles. The third kappa shape index (κ3) is 5.24. The zero-order chi connectivity index (χ0) is 19.9. The second-order valence-corrected chi connectivity index (χ2v) is 8.31. The van der Waals surface area contributed by atoms with E-state index in [9.17, 15) is 4.79 Å². The summed E-state index contributed by atoms with van der Waals surface area (Å²) in [6, 6.07) is 17.6. The van der Waals surface area contributed by atoms with Crippen molar-refractivity contribution in [3.63, 3.8) is 0 Å². The maximum absolute atomic E-state index is 12.5. The number of benzene rings is 2. The molecule has 0 saturated heterocycles.